The van der Waals surface area contributed by atoms with Crippen LogP contribution in [0.1, 0.15) is 11.3 Å². The summed E-state index contributed by atoms with van der Waals surface area (Å²) in [6, 6.07) is 19.5. The van der Waals surface area contributed by atoms with Crippen molar-refractivity contribution in [3.63, 3.8) is 0 Å². The third kappa shape index (κ3) is 5.00. The number of pyridine rings is 1. The van der Waals surface area contributed by atoms with E-state index in [4.69, 9.17) is 0 Å². The van der Waals surface area contributed by atoms with Crippen molar-refractivity contribution < 1.29 is 4.79 Å². The third-order valence-corrected chi connectivity index (χ3v) is 4.93. The lowest BCUT2D eigenvalue weighted by molar-refractivity contribution is -0.126. The molecule has 1 aromatic carbocycles. The number of piperazine rings is 1. The van der Waals surface area contributed by atoms with Crippen molar-refractivity contribution in [3.05, 3.63) is 78.0 Å². The summed E-state index contributed by atoms with van der Waals surface area (Å²) in [4.78, 5) is 20.9. The molecule has 1 amide bonds. The minimum Gasteiger partial charge on any atom is -0.352 e. The molecule has 1 saturated heterocycles. The van der Waals surface area contributed by atoms with Gasteiger partial charge >= 0.3 is 0 Å². The second-order valence-electron chi connectivity index (χ2n) is 7.12. The predicted octanol–water partition coefficient (Wildman–Crippen LogP) is 3.29. The molecule has 0 radical (unpaired) electrons. The minimum absolute atomic E-state index is 0.0368. The van der Waals surface area contributed by atoms with E-state index in [9.17, 15) is 4.79 Å². The van der Waals surface area contributed by atoms with Crippen LogP contribution in [0.2, 0.25) is 0 Å². The number of nitrogens with one attached hydrogen (secondary N) is 1. The van der Waals surface area contributed by atoms with Crippen LogP contribution in [0.4, 0.5) is 17.5 Å². The summed E-state index contributed by atoms with van der Waals surface area (Å²) < 4.78 is 0. The average Bonchev–Trinajstić information content (AvgIpc) is 2.79. The average molecular weight is 400 g/mol. The molecule has 152 valence electrons. The molecule has 3 heterocycles. The number of benzene rings is 1. The molecule has 7 heteroatoms. The zero-order chi connectivity index (χ0) is 20.8. The fraction of sp³-hybridized carbons (Fsp3) is 0.217. The van der Waals surface area contributed by atoms with Crippen molar-refractivity contribution in [2.75, 3.05) is 36.4 Å². The predicted molar refractivity (Wildman–Crippen MR) is 119 cm³/mol. The van der Waals surface area contributed by atoms with Crippen molar-refractivity contribution >= 4 is 29.4 Å². The first-order valence-electron chi connectivity index (χ1n) is 9.99. The molecule has 1 aliphatic heterocycles. The number of anilines is 3. The maximum absolute atomic E-state index is 12.4. The Balaban J connectivity index is 1.30. The van der Waals surface area contributed by atoms with Gasteiger partial charge in [-0.3, -0.25) is 4.79 Å². The number of hydrogen-bond donors (Lipinski definition) is 1. The van der Waals surface area contributed by atoms with Crippen molar-refractivity contribution in [2.24, 2.45) is 0 Å². The Morgan fingerprint density at radius 2 is 1.70 bits per heavy atom. The molecule has 0 atom stereocenters. The van der Waals surface area contributed by atoms with Crippen LogP contribution in [0.5, 0.6) is 0 Å². The molecule has 0 unspecified atom stereocenters. The van der Waals surface area contributed by atoms with Crippen LogP contribution in [0.25, 0.3) is 6.08 Å². The molecule has 2 aromatic heterocycles. The van der Waals surface area contributed by atoms with E-state index in [0.29, 0.717) is 18.9 Å². The van der Waals surface area contributed by atoms with Gasteiger partial charge in [0.2, 0.25) is 5.91 Å². The Morgan fingerprint density at radius 3 is 2.40 bits per heavy atom. The largest absolute Gasteiger partial charge is 0.352 e. The van der Waals surface area contributed by atoms with Gasteiger partial charge in [-0.05, 0) is 42.8 Å². The van der Waals surface area contributed by atoms with Gasteiger partial charge in [0.1, 0.15) is 5.82 Å². The molecule has 0 bridgehead atoms. The molecule has 1 N–H and O–H groups in total. The number of hydrogen-bond acceptors (Lipinski definition) is 6. The summed E-state index contributed by atoms with van der Waals surface area (Å²) in [7, 11) is 0. The number of amides is 1. The Morgan fingerprint density at radius 1 is 0.900 bits per heavy atom. The first-order valence-corrected chi connectivity index (χ1v) is 9.99. The van der Waals surface area contributed by atoms with Crippen LogP contribution in [0.15, 0.2) is 66.7 Å². The lowest BCUT2D eigenvalue weighted by Gasteiger charge is -2.34. The minimum atomic E-state index is 0.0368. The molecule has 3 aromatic rings. The third-order valence-electron chi connectivity index (χ3n) is 4.93. The Hall–Kier alpha value is -3.74. The fourth-order valence-electron chi connectivity index (χ4n) is 3.30. The highest BCUT2D eigenvalue weighted by Crippen LogP contribution is 2.17. The van der Waals surface area contributed by atoms with E-state index in [1.165, 1.54) is 0 Å². The summed E-state index contributed by atoms with van der Waals surface area (Å²) in [6.07, 6.45) is 3.50. The fourth-order valence-corrected chi connectivity index (χ4v) is 3.30. The van der Waals surface area contributed by atoms with E-state index < -0.39 is 0 Å². The second kappa shape index (κ2) is 9.17. The number of aromatic nitrogens is 3. The van der Waals surface area contributed by atoms with Gasteiger partial charge in [-0.1, -0.05) is 36.4 Å². The highest BCUT2D eigenvalue weighted by atomic mass is 16.2. The molecule has 7 nitrogen and oxygen atoms in total. The number of rotatable bonds is 5. The molecule has 4 rings (SSSR count). The van der Waals surface area contributed by atoms with E-state index in [2.05, 4.69) is 25.4 Å². The first kappa shape index (κ1) is 19.6. The van der Waals surface area contributed by atoms with Gasteiger partial charge in [0.05, 0.1) is 0 Å². The van der Waals surface area contributed by atoms with E-state index in [-0.39, 0.29) is 5.91 Å². The zero-order valence-electron chi connectivity index (χ0n) is 16.9. The van der Waals surface area contributed by atoms with Gasteiger partial charge in [0.15, 0.2) is 11.6 Å². The SMILES string of the molecule is Cc1cccc(Nc2ccc(N3CCN(C(=O)C=Cc4ccccc4)CC3)nn2)n1. The highest BCUT2D eigenvalue weighted by Gasteiger charge is 2.20. The molecular weight excluding hydrogens is 376 g/mol. The summed E-state index contributed by atoms with van der Waals surface area (Å²) in [5.74, 6) is 2.24. The van der Waals surface area contributed by atoms with Gasteiger partial charge in [0.25, 0.3) is 0 Å². The zero-order valence-corrected chi connectivity index (χ0v) is 16.9. The topological polar surface area (TPSA) is 74.2 Å². The summed E-state index contributed by atoms with van der Waals surface area (Å²) in [5.41, 5.74) is 1.96. The van der Waals surface area contributed by atoms with Crippen molar-refractivity contribution in [2.45, 2.75) is 6.92 Å². The summed E-state index contributed by atoms with van der Waals surface area (Å²) in [5, 5.41) is 11.8. The van der Waals surface area contributed by atoms with E-state index in [1.807, 2.05) is 78.6 Å². The van der Waals surface area contributed by atoms with Gasteiger partial charge < -0.3 is 15.1 Å². The molecule has 0 saturated carbocycles. The van der Waals surface area contributed by atoms with Crippen LogP contribution in [-0.4, -0.2) is 52.2 Å². The van der Waals surface area contributed by atoms with Crippen molar-refractivity contribution in [1.29, 1.82) is 0 Å². The van der Waals surface area contributed by atoms with Gasteiger partial charge in [-0.15, -0.1) is 10.2 Å². The highest BCUT2D eigenvalue weighted by molar-refractivity contribution is 5.91. The summed E-state index contributed by atoms with van der Waals surface area (Å²) >= 11 is 0. The summed E-state index contributed by atoms with van der Waals surface area (Å²) in [6.45, 7) is 4.72. The lowest BCUT2D eigenvalue weighted by Crippen LogP contribution is -2.48. The maximum Gasteiger partial charge on any atom is 0.246 e. The first-order chi connectivity index (χ1) is 14.7. The molecule has 0 spiro atoms. The number of nitrogens with zero attached hydrogens (tertiary/aromatic N) is 5. The van der Waals surface area contributed by atoms with E-state index in [0.717, 1.165) is 36.0 Å². The van der Waals surface area contributed by atoms with E-state index >= 15 is 0 Å². The van der Waals surface area contributed by atoms with Gasteiger partial charge in [-0.2, -0.15) is 0 Å². The quantitative estimate of drug-likeness (QED) is 0.663. The second-order valence-corrected chi connectivity index (χ2v) is 7.12. The molecule has 0 aliphatic carbocycles. The van der Waals surface area contributed by atoms with Crippen LogP contribution in [-0.2, 0) is 4.79 Å². The standard InChI is InChI=1S/C23H24N6O/c1-18-6-5-9-20(24-18)25-21-11-12-22(27-26-21)28-14-16-29(17-15-28)23(30)13-10-19-7-3-2-4-8-19/h2-13H,14-17H2,1H3,(H,24,25,26). The maximum atomic E-state index is 12.4. The van der Waals surface area contributed by atoms with Crippen LogP contribution >= 0.6 is 0 Å². The van der Waals surface area contributed by atoms with Crippen molar-refractivity contribution in [3.8, 4) is 0 Å². The normalized spacial score (nSPS) is 14.2. The lowest BCUT2D eigenvalue weighted by atomic mass is 10.2. The van der Waals surface area contributed by atoms with Gasteiger partial charge in [0, 0.05) is 37.9 Å². The number of aryl methyl sites for hydroxylation is 1. The number of carbonyl (C=O) groups excluding carboxylic acids is 1. The Bertz CT molecular complexity index is 1010. The molecule has 1 fully saturated rings. The molecular formula is C23H24N6O. The number of carbonyl (C=O) groups is 1. The molecule has 30 heavy (non-hydrogen) atoms. The van der Waals surface area contributed by atoms with Gasteiger partial charge in [-0.25, -0.2) is 4.98 Å². The van der Waals surface area contributed by atoms with Crippen LogP contribution in [0.3, 0.4) is 0 Å². The smallest absolute Gasteiger partial charge is 0.246 e. The Labute approximate surface area is 176 Å². The Kier molecular flexibility index (Phi) is 5.98. The monoisotopic (exact) mass is 400 g/mol. The van der Waals surface area contributed by atoms with E-state index in [1.54, 1.807) is 6.08 Å². The van der Waals surface area contributed by atoms with Crippen LogP contribution < -0.4 is 10.2 Å². The van der Waals surface area contributed by atoms with Crippen LogP contribution in [0, 0.1) is 6.92 Å². The molecule has 1 aliphatic rings. The van der Waals surface area contributed by atoms with Crippen molar-refractivity contribution in [1.82, 2.24) is 20.1 Å².